The van der Waals surface area contributed by atoms with Crippen LogP contribution in [0, 0.1) is 11.3 Å². The van der Waals surface area contributed by atoms with Crippen molar-refractivity contribution in [3.05, 3.63) is 0 Å². The molecule has 3 atom stereocenters. The van der Waals surface area contributed by atoms with E-state index in [1.165, 1.54) is 18.7 Å². The van der Waals surface area contributed by atoms with Gasteiger partial charge in [0.25, 0.3) is 0 Å². The first kappa shape index (κ1) is 35.7. The molecule has 1 aliphatic rings. The van der Waals surface area contributed by atoms with Gasteiger partial charge in [0, 0.05) is 49.7 Å². The Morgan fingerprint density at radius 3 is 2.38 bits per heavy atom. The average molecular weight is 613 g/mol. The zero-order valence-corrected chi connectivity index (χ0v) is 25.8. The van der Waals surface area contributed by atoms with Gasteiger partial charge in [-0.2, -0.15) is 0 Å². The fourth-order valence-corrected chi connectivity index (χ4v) is 6.23. The van der Waals surface area contributed by atoms with Crippen molar-refractivity contribution in [1.82, 2.24) is 5.32 Å². The quantitative estimate of drug-likeness (QED) is 0.138. The monoisotopic (exact) mass is 612 g/mol. The molecule has 0 spiro atoms. The van der Waals surface area contributed by atoms with E-state index in [1.807, 2.05) is 13.8 Å². The van der Waals surface area contributed by atoms with Gasteiger partial charge < -0.3 is 15.8 Å². The Hall–Kier alpha value is -1.28. The van der Waals surface area contributed by atoms with E-state index in [9.17, 15) is 28.5 Å². The Morgan fingerprint density at radius 2 is 1.74 bits per heavy atom. The number of carbonyl (C=O) groups is 5. The van der Waals surface area contributed by atoms with Gasteiger partial charge in [-0.3, -0.25) is 28.2 Å². The van der Waals surface area contributed by atoms with Crippen LogP contribution < -0.4 is 11.1 Å². The number of hydrogen-bond donors (Lipinski definition) is 2. The second kappa shape index (κ2) is 17.5. The van der Waals surface area contributed by atoms with E-state index in [0.717, 1.165) is 11.8 Å². The molecular weight excluding hydrogens is 571 g/mol. The van der Waals surface area contributed by atoms with Crippen LogP contribution in [-0.4, -0.2) is 71.5 Å². The molecule has 0 aromatic rings. The lowest BCUT2D eigenvalue weighted by atomic mass is 9.84. The molecule has 0 aromatic carbocycles. The summed E-state index contributed by atoms with van der Waals surface area (Å²) in [6.45, 7) is 7.89. The highest BCUT2D eigenvalue weighted by atomic mass is 32.2. The van der Waals surface area contributed by atoms with Crippen molar-refractivity contribution in [3.8, 4) is 0 Å². The molecular formula is C24H41N2O10PS2. The standard InChI is InChI=1S/C24H41N2O10PS2/c1-16(2)20(25)22(30)39-13-11-26-23(31)33-15-35-37(32)34-14-24(4,5)21(36-37)19(29)10-6-8-18(28)9-7-12-38-17(3)27/h16,20-21H,6-15,25H2,1-5H3,(H,26,31)/t20-,21-,37-/m0/s1. The zero-order valence-electron chi connectivity index (χ0n) is 23.2. The fraction of sp³-hybridized carbons (Fsp3) is 0.792. The van der Waals surface area contributed by atoms with E-state index < -0.39 is 38.3 Å². The lowest BCUT2D eigenvalue weighted by molar-refractivity contribution is -0.140. The number of rotatable bonds is 17. The number of phosphoric ester groups is 1. The number of thioether (sulfide) groups is 2. The van der Waals surface area contributed by atoms with Gasteiger partial charge in [-0.25, -0.2) is 13.9 Å². The number of phosphoric acid groups is 1. The molecule has 0 saturated carbocycles. The minimum atomic E-state index is -4.19. The number of ether oxygens (including phenoxy) is 1. The summed E-state index contributed by atoms with van der Waals surface area (Å²) in [6, 6.07) is -0.583. The summed E-state index contributed by atoms with van der Waals surface area (Å²) in [4.78, 5) is 59.5. The van der Waals surface area contributed by atoms with E-state index >= 15 is 0 Å². The Balaban J connectivity index is 2.40. The largest absolute Gasteiger partial charge is 0.478 e. The minimum absolute atomic E-state index is 0.00728. The summed E-state index contributed by atoms with van der Waals surface area (Å²) in [5.74, 6) is 0.556. The normalized spacial score (nSPS) is 21.3. The number of amides is 1. The molecule has 224 valence electrons. The van der Waals surface area contributed by atoms with Crippen LogP contribution in [0.2, 0.25) is 0 Å². The van der Waals surface area contributed by atoms with Crippen molar-refractivity contribution < 1.29 is 46.8 Å². The summed E-state index contributed by atoms with van der Waals surface area (Å²) < 4.78 is 33.4. The Bertz CT molecular complexity index is 915. The molecule has 1 amide bonds. The maximum absolute atomic E-state index is 12.9. The first-order chi connectivity index (χ1) is 18.2. The molecule has 3 N–H and O–H groups in total. The topological polar surface area (TPSA) is 177 Å². The minimum Gasteiger partial charge on any atom is -0.422 e. The summed E-state index contributed by atoms with van der Waals surface area (Å²) in [6.07, 6.45) is -0.446. The van der Waals surface area contributed by atoms with Crippen LogP contribution in [0.5, 0.6) is 0 Å². The van der Waals surface area contributed by atoms with E-state index in [4.69, 9.17) is 24.0 Å². The molecule has 0 aromatic heterocycles. The maximum atomic E-state index is 12.9. The molecule has 0 radical (unpaired) electrons. The van der Waals surface area contributed by atoms with Gasteiger partial charge >= 0.3 is 13.9 Å². The van der Waals surface area contributed by atoms with Crippen molar-refractivity contribution in [3.63, 3.8) is 0 Å². The highest BCUT2D eigenvalue weighted by molar-refractivity contribution is 8.13. The van der Waals surface area contributed by atoms with Crippen LogP contribution in [0.1, 0.15) is 66.7 Å². The van der Waals surface area contributed by atoms with Crippen molar-refractivity contribution in [2.75, 3.05) is 31.5 Å². The van der Waals surface area contributed by atoms with Gasteiger partial charge in [0.1, 0.15) is 11.9 Å². The molecule has 0 bridgehead atoms. The van der Waals surface area contributed by atoms with Crippen LogP contribution in [0.4, 0.5) is 4.79 Å². The number of Topliss-reactive ketones (excluding diaryl/α,β-unsaturated/α-hetero) is 2. The summed E-state index contributed by atoms with van der Waals surface area (Å²) in [5, 5.41) is 2.26. The van der Waals surface area contributed by atoms with Gasteiger partial charge in [-0.1, -0.05) is 51.2 Å². The Morgan fingerprint density at radius 1 is 1.08 bits per heavy atom. The molecule has 1 fully saturated rings. The van der Waals surface area contributed by atoms with E-state index in [-0.39, 0.29) is 53.7 Å². The lowest BCUT2D eigenvalue weighted by Crippen LogP contribution is -2.45. The van der Waals surface area contributed by atoms with Crippen LogP contribution in [-0.2, 0) is 42.1 Å². The number of hydrogen-bond acceptors (Lipinski definition) is 13. The molecule has 1 aliphatic heterocycles. The molecule has 1 heterocycles. The van der Waals surface area contributed by atoms with Gasteiger partial charge in [0.2, 0.25) is 11.9 Å². The first-order valence-corrected chi connectivity index (χ1v) is 16.2. The number of ketones is 2. The van der Waals surface area contributed by atoms with Crippen molar-refractivity contribution in [1.29, 1.82) is 0 Å². The molecule has 12 nitrogen and oxygen atoms in total. The van der Waals surface area contributed by atoms with Crippen molar-refractivity contribution in [2.45, 2.75) is 78.9 Å². The molecule has 1 rings (SSSR count). The van der Waals surface area contributed by atoms with Gasteiger partial charge in [-0.15, -0.1) is 0 Å². The van der Waals surface area contributed by atoms with Crippen LogP contribution >= 0.6 is 31.3 Å². The van der Waals surface area contributed by atoms with Crippen molar-refractivity contribution >= 4 is 59.2 Å². The predicted octanol–water partition coefficient (Wildman–Crippen LogP) is 3.85. The summed E-state index contributed by atoms with van der Waals surface area (Å²) in [5.41, 5.74) is 4.97. The zero-order chi connectivity index (χ0) is 29.6. The van der Waals surface area contributed by atoms with E-state index in [1.54, 1.807) is 13.8 Å². The Kier molecular flexibility index (Phi) is 16.1. The van der Waals surface area contributed by atoms with Gasteiger partial charge in [-0.05, 0) is 18.8 Å². The highest BCUT2D eigenvalue weighted by Gasteiger charge is 2.48. The van der Waals surface area contributed by atoms with Crippen LogP contribution in [0.25, 0.3) is 0 Å². The first-order valence-electron chi connectivity index (χ1n) is 12.7. The smallest absolute Gasteiger partial charge is 0.422 e. The Labute approximate surface area is 238 Å². The number of nitrogens with two attached hydrogens (primary N) is 1. The maximum Gasteiger partial charge on any atom is 0.478 e. The number of alkyl carbamates (subject to hydrolysis) is 1. The van der Waals surface area contributed by atoms with Gasteiger partial charge in [0.05, 0.1) is 12.6 Å². The average Bonchev–Trinajstić information content (AvgIpc) is 2.85. The molecule has 1 saturated heterocycles. The van der Waals surface area contributed by atoms with E-state index in [2.05, 4.69) is 5.32 Å². The third kappa shape index (κ3) is 14.3. The number of carbonyl (C=O) groups excluding carboxylic acids is 5. The van der Waals surface area contributed by atoms with E-state index in [0.29, 0.717) is 30.8 Å². The lowest BCUT2D eigenvalue weighted by Gasteiger charge is -2.39. The molecule has 15 heteroatoms. The summed E-state index contributed by atoms with van der Waals surface area (Å²) >= 11 is 2.18. The second-order valence-corrected chi connectivity index (χ2v) is 14.0. The van der Waals surface area contributed by atoms with Gasteiger partial charge in [0.15, 0.2) is 10.9 Å². The third-order valence-electron chi connectivity index (χ3n) is 5.62. The SMILES string of the molecule is CC(=O)SCCCC(=O)CCCC(=O)[C@@H]1O[P@](=O)(OCOC(=O)NCCSC(=O)[C@@H](N)C(C)C)OCC1(C)C. The second-order valence-electron chi connectivity index (χ2n) is 10.0. The van der Waals surface area contributed by atoms with Crippen LogP contribution in [0.15, 0.2) is 0 Å². The fourth-order valence-electron chi connectivity index (χ4n) is 3.26. The molecule has 0 unspecified atom stereocenters. The highest BCUT2D eigenvalue weighted by Crippen LogP contribution is 2.57. The molecule has 0 aliphatic carbocycles. The summed E-state index contributed by atoms with van der Waals surface area (Å²) in [7, 11) is -4.19. The third-order valence-corrected chi connectivity index (χ3v) is 8.82. The number of nitrogens with one attached hydrogen (secondary N) is 1. The van der Waals surface area contributed by atoms with Crippen molar-refractivity contribution in [2.24, 2.45) is 17.1 Å². The molecule has 39 heavy (non-hydrogen) atoms. The predicted molar refractivity (Wildman–Crippen MR) is 149 cm³/mol. The van der Waals surface area contributed by atoms with Crippen LogP contribution in [0.3, 0.4) is 0 Å².